The smallest absolute Gasteiger partial charge is 0.338 e. The zero-order chi connectivity index (χ0) is 19.8. The van der Waals surface area contributed by atoms with E-state index in [4.69, 9.17) is 9.47 Å². The fourth-order valence-electron chi connectivity index (χ4n) is 2.54. The van der Waals surface area contributed by atoms with Crippen molar-refractivity contribution in [3.05, 3.63) is 59.7 Å². The molecule has 1 atom stereocenters. The van der Waals surface area contributed by atoms with Crippen LogP contribution in [0.3, 0.4) is 0 Å². The lowest BCUT2D eigenvalue weighted by molar-refractivity contribution is -0.123. The van der Waals surface area contributed by atoms with Gasteiger partial charge in [-0.3, -0.25) is 4.79 Å². The Kier molecular flexibility index (Phi) is 7.41. The fourth-order valence-corrected chi connectivity index (χ4v) is 2.54. The van der Waals surface area contributed by atoms with Crippen molar-refractivity contribution in [2.75, 3.05) is 11.9 Å². The molecule has 0 spiro atoms. The molecule has 5 nitrogen and oxygen atoms in total. The zero-order valence-corrected chi connectivity index (χ0v) is 16.3. The van der Waals surface area contributed by atoms with Gasteiger partial charge in [-0.25, -0.2) is 4.79 Å². The Labute approximate surface area is 160 Å². The minimum Gasteiger partial charge on any atom is -0.494 e. The number of para-hydroxylation sites is 1. The van der Waals surface area contributed by atoms with Gasteiger partial charge in [-0.05, 0) is 55.2 Å². The predicted molar refractivity (Wildman–Crippen MR) is 106 cm³/mol. The molecule has 0 radical (unpaired) electrons. The van der Waals surface area contributed by atoms with Crippen molar-refractivity contribution >= 4 is 17.6 Å². The highest BCUT2D eigenvalue weighted by Crippen LogP contribution is 2.24. The third-order valence-electron chi connectivity index (χ3n) is 4.06. The summed E-state index contributed by atoms with van der Waals surface area (Å²) in [5.41, 5.74) is 2.14. The van der Waals surface area contributed by atoms with E-state index in [9.17, 15) is 9.59 Å². The van der Waals surface area contributed by atoms with Gasteiger partial charge in [0.15, 0.2) is 6.10 Å². The molecular formula is C22H27NO4. The summed E-state index contributed by atoms with van der Waals surface area (Å²) in [4.78, 5) is 24.7. The molecule has 5 heteroatoms. The summed E-state index contributed by atoms with van der Waals surface area (Å²) >= 11 is 0. The molecule has 0 aliphatic carbocycles. The maximum Gasteiger partial charge on any atom is 0.338 e. The van der Waals surface area contributed by atoms with Gasteiger partial charge < -0.3 is 14.8 Å². The third-order valence-corrected chi connectivity index (χ3v) is 4.06. The van der Waals surface area contributed by atoms with E-state index >= 15 is 0 Å². The van der Waals surface area contributed by atoms with Crippen LogP contribution in [0.25, 0.3) is 0 Å². The van der Waals surface area contributed by atoms with E-state index in [0.717, 1.165) is 17.7 Å². The molecule has 2 rings (SSSR count). The fraction of sp³-hybridized carbons (Fsp3) is 0.364. The molecule has 1 amide bonds. The van der Waals surface area contributed by atoms with Crippen LogP contribution in [0.15, 0.2) is 48.5 Å². The molecule has 0 aliphatic heterocycles. The van der Waals surface area contributed by atoms with Crippen molar-refractivity contribution in [2.45, 2.75) is 46.1 Å². The molecule has 27 heavy (non-hydrogen) atoms. The van der Waals surface area contributed by atoms with Crippen LogP contribution in [-0.4, -0.2) is 24.6 Å². The van der Waals surface area contributed by atoms with Gasteiger partial charge in [0.25, 0.3) is 5.91 Å². The van der Waals surface area contributed by atoms with Crippen molar-refractivity contribution < 1.29 is 19.1 Å². The topological polar surface area (TPSA) is 64.6 Å². The quantitative estimate of drug-likeness (QED) is 0.680. The van der Waals surface area contributed by atoms with Crippen LogP contribution in [0, 0.1) is 0 Å². The molecule has 0 aliphatic rings. The molecule has 0 saturated carbocycles. The lowest BCUT2D eigenvalue weighted by atomic mass is 10.0. The molecule has 144 valence electrons. The number of nitrogens with one attached hydrogen (secondary N) is 1. The van der Waals surface area contributed by atoms with E-state index in [2.05, 4.69) is 19.2 Å². The second-order valence-electron chi connectivity index (χ2n) is 6.65. The SMILES string of the molecule is CCCOc1ccc(C(=O)O[C@H](C)C(=O)Nc2ccccc2C(C)C)cc1. The van der Waals surface area contributed by atoms with E-state index in [-0.39, 0.29) is 11.8 Å². The molecule has 0 saturated heterocycles. The Morgan fingerprint density at radius 1 is 1.00 bits per heavy atom. The van der Waals surface area contributed by atoms with Gasteiger partial charge in [-0.2, -0.15) is 0 Å². The maximum atomic E-state index is 12.4. The molecule has 2 aromatic carbocycles. The van der Waals surface area contributed by atoms with Crippen LogP contribution >= 0.6 is 0 Å². The number of ether oxygens (including phenoxy) is 2. The number of rotatable bonds is 8. The van der Waals surface area contributed by atoms with Gasteiger partial charge in [0, 0.05) is 5.69 Å². The van der Waals surface area contributed by atoms with Gasteiger partial charge in [-0.15, -0.1) is 0 Å². The summed E-state index contributed by atoms with van der Waals surface area (Å²) in [5, 5.41) is 2.84. The number of carbonyl (C=O) groups is 2. The summed E-state index contributed by atoms with van der Waals surface area (Å²) in [6.45, 7) is 8.32. The number of esters is 1. The number of anilines is 1. The van der Waals surface area contributed by atoms with Crippen molar-refractivity contribution in [3.63, 3.8) is 0 Å². The van der Waals surface area contributed by atoms with E-state index in [1.54, 1.807) is 31.2 Å². The highest BCUT2D eigenvalue weighted by Gasteiger charge is 2.20. The second-order valence-corrected chi connectivity index (χ2v) is 6.65. The van der Waals surface area contributed by atoms with Gasteiger partial charge in [0.1, 0.15) is 5.75 Å². The van der Waals surface area contributed by atoms with Crippen LogP contribution in [0.5, 0.6) is 5.75 Å². The Hall–Kier alpha value is -2.82. The first kappa shape index (κ1) is 20.5. The molecular weight excluding hydrogens is 342 g/mol. The molecule has 0 aromatic heterocycles. The first-order valence-electron chi connectivity index (χ1n) is 9.26. The zero-order valence-electron chi connectivity index (χ0n) is 16.3. The Bertz CT molecular complexity index is 768. The minimum absolute atomic E-state index is 0.271. The summed E-state index contributed by atoms with van der Waals surface area (Å²) in [6.07, 6.45) is 0.00448. The Morgan fingerprint density at radius 2 is 1.67 bits per heavy atom. The summed E-state index contributed by atoms with van der Waals surface area (Å²) in [5.74, 6) is 0.0634. The standard InChI is InChI=1S/C22H27NO4/c1-5-14-26-18-12-10-17(11-13-18)22(25)27-16(4)21(24)23-20-9-7-6-8-19(20)15(2)3/h6-13,15-16H,5,14H2,1-4H3,(H,23,24)/t16-/m1/s1. The number of carbonyl (C=O) groups excluding carboxylic acids is 2. The maximum absolute atomic E-state index is 12.4. The van der Waals surface area contributed by atoms with Gasteiger partial charge in [0.05, 0.1) is 12.2 Å². The van der Waals surface area contributed by atoms with Crippen LogP contribution in [0.1, 0.15) is 56.0 Å². The minimum atomic E-state index is -0.909. The Morgan fingerprint density at radius 3 is 2.30 bits per heavy atom. The first-order valence-corrected chi connectivity index (χ1v) is 9.26. The molecule has 2 aromatic rings. The number of benzene rings is 2. The molecule has 0 fully saturated rings. The first-order chi connectivity index (χ1) is 12.9. The van der Waals surface area contributed by atoms with Gasteiger partial charge >= 0.3 is 5.97 Å². The highest BCUT2D eigenvalue weighted by molar-refractivity contribution is 5.97. The average molecular weight is 369 g/mol. The number of hydrogen-bond donors (Lipinski definition) is 1. The third kappa shape index (κ3) is 5.84. The van der Waals surface area contributed by atoms with Gasteiger partial charge in [0.2, 0.25) is 0 Å². The molecule has 0 unspecified atom stereocenters. The largest absolute Gasteiger partial charge is 0.494 e. The lowest BCUT2D eigenvalue weighted by Crippen LogP contribution is -2.30. The van der Waals surface area contributed by atoms with Crippen molar-refractivity contribution in [2.24, 2.45) is 0 Å². The predicted octanol–water partition coefficient (Wildman–Crippen LogP) is 4.78. The van der Waals surface area contributed by atoms with Crippen LogP contribution in [0.2, 0.25) is 0 Å². The normalized spacial score (nSPS) is 11.7. The van der Waals surface area contributed by atoms with E-state index < -0.39 is 12.1 Å². The number of amides is 1. The van der Waals surface area contributed by atoms with Gasteiger partial charge in [-0.1, -0.05) is 39.0 Å². The monoisotopic (exact) mass is 369 g/mol. The van der Waals surface area contributed by atoms with E-state index in [1.807, 2.05) is 31.2 Å². The highest BCUT2D eigenvalue weighted by atomic mass is 16.5. The average Bonchev–Trinajstić information content (AvgIpc) is 2.66. The molecule has 0 heterocycles. The van der Waals surface area contributed by atoms with E-state index in [0.29, 0.717) is 17.9 Å². The van der Waals surface area contributed by atoms with Crippen molar-refractivity contribution in [1.29, 1.82) is 0 Å². The molecule has 0 bridgehead atoms. The summed E-state index contributed by atoms with van der Waals surface area (Å²) < 4.78 is 10.8. The number of hydrogen-bond acceptors (Lipinski definition) is 4. The van der Waals surface area contributed by atoms with E-state index in [1.165, 1.54) is 0 Å². The van der Waals surface area contributed by atoms with Crippen LogP contribution in [-0.2, 0) is 9.53 Å². The van der Waals surface area contributed by atoms with Crippen molar-refractivity contribution in [3.8, 4) is 5.75 Å². The molecule has 1 N–H and O–H groups in total. The summed E-state index contributed by atoms with van der Waals surface area (Å²) in [6, 6.07) is 14.3. The summed E-state index contributed by atoms with van der Waals surface area (Å²) in [7, 11) is 0. The van der Waals surface area contributed by atoms with Crippen LogP contribution < -0.4 is 10.1 Å². The van der Waals surface area contributed by atoms with Crippen molar-refractivity contribution in [1.82, 2.24) is 0 Å². The van der Waals surface area contributed by atoms with Crippen LogP contribution in [0.4, 0.5) is 5.69 Å². The second kappa shape index (κ2) is 9.76. The Balaban J connectivity index is 1.96. The lowest BCUT2D eigenvalue weighted by Gasteiger charge is -2.17.